The van der Waals surface area contributed by atoms with E-state index in [1.807, 2.05) is 71.4 Å². The lowest BCUT2D eigenvalue weighted by molar-refractivity contribution is 0.402. The Morgan fingerprint density at radius 3 is 2.54 bits per heavy atom. The molecule has 3 heterocycles. The third kappa shape index (κ3) is 5.89. The Balaban J connectivity index is 0.00000172. The highest BCUT2D eigenvalue weighted by molar-refractivity contribution is 5.96. The SMILES string of the molecule is C=C/C=C(/c1cccc(F)c1)c1cc(-c2[nH]nc3c(F)cc(-c4cncc(CN(C)C)c4)cc23)[nH]c1C.CC. The Morgan fingerprint density at radius 1 is 1.03 bits per heavy atom. The number of aromatic nitrogens is 4. The van der Waals surface area contributed by atoms with Crippen molar-refractivity contribution in [2.24, 2.45) is 0 Å². The number of rotatable bonds is 7. The Morgan fingerprint density at radius 2 is 1.82 bits per heavy atom. The minimum absolute atomic E-state index is 0.261. The van der Waals surface area contributed by atoms with Gasteiger partial charge in [-0.25, -0.2) is 8.78 Å². The van der Waals surface area contributed by atoms with Crippen molar-refractivity contribution >= 4 is 16.5 Å². The van der Waals surface area contributed by atoms with Gasteiger partial charge in [0, 0.05) is 41.1 Å². The first-order valence-corrected chi connectivity index (χ1v) is 12.9. The molecule has 0 atom stereocenters. The molecule has 0 aliphatic carbocycles. The molecule has 2 N–H and O–H groups in total. The van der Waals surface area contributed by atoms with Gasteiger partial charge in [0.05, 0.1) is 11.4 Å². The number of benzene rings is 2. The molecule has 5 aromatic rings. The lowest BCUT2D eigenvalue weighted by Crippen LogP contribution is -2.10. The standard InChI is InChI=1S/C30H27F2N5.C2H6/c1-5-7-24(20-8-6-9-23(31)11-20)25-14-28(34-18(25)2)30-26-12-21(13-27(32)29(26)35-36-30)22-10-19(15-33-16-22)17-37(3)4;1-2/h5-16,34H,1,17H2,2-4H3,(H,35,36);1-2H3/b24-7-;. The van der Waals surface area contributed by atoms with E-state index in [1.165, 1.54) is 18.2 Å². The highest BCUT2D eigenvalue weighted by Crippen LogP contribution is 2.35. The third-order valence-electron chi connectivity index (χ3n) is 6.23. The first-order chi connectivity index (χ1) is 18.8. The van der Waals surface area contributed by atoms with Crippen molar-refractivity contribution in [1.29, 1.82) is 0 Å². The highest BCUT2D eigenvalue weighted by Gasteiger charge is 2.18. The van der Waals surface area contributed by atoms with Crippen LogP contribution in [0.15, 0.2) is 79.7 Å². The van der Waals surface area contributed by atoms with Gasteiger partial charge in [-0.15, -0.1) is 0 Å². The minimum atomic E-state index is -0.413. The molecule has 5 rings (SSSR count). The summed E-state index contributed by atoms with van der Waals surface area (Å²) in [5, 5.41) is 7.91. The molecule has 0 fully saturated rings. The second-order valence-corrected chi connectivity index (χ2v) is 9.32. The van der Waals surface area contributed by atoms with E-state index in [2.05, 4.69) is 31.6 Å². The minimum Gasteiger partial charge on any atom is -0.357 e. The third-order valence-corrected chi connectivity index (χ3v) is 6.23. The number of halogens is 2. The van der Waals surface area contributed by atoms with Crippen LogP contribution in [0.3, 0.4) is 0 Å². The van der Waals surface area contributed by atoms with Crippen LogP contribution in [0.25, 0.3) is 39.0 Å². The molecule has 0 unspecified atom stereocenters. The van der Waals surface area contributed by atoms with Gasteiger partial charge in [0.2, 0.25) is 0 Å². The van der Waals surface area contributed by atoms with Crippen LogP contribution in [0.2, 0.25) is 0 Å². The van der Waals surface area contributed by atoms with Gasteiger partial charge < -0.3 is 9.88 Å². The molecule has 0 saturated heterocycles. The molecule has 0 bridgehead atoms. The highest BCUT2D eigenvalue weighted by atomic mass is 19.1. The van der Waals surface area contributed by atoms with E-state index in [4.69, 9.17) is 0 Å². The van der Waals surface area contributed by atoms with Crippen molar-refractivity contribution < 1.29 is 8.78 Å². The van der Waals surface area contributed by atoms with Gasteiger partial charge in [-0.05, 0) is 79.7 Å². The van der Waals surface area contributed by atoms with Crippen LogP contribution >= 0.6 is 0 Å². The van der Waals surface area contributed by atoms with Crippen LogP contribution in [0.1, 0.15) is 36.2 Å². The van der Waals surface area contributed by atoms with Crippen LogP contribution in [-0.2, 0) is 6.54 Å². The van der Waals surface area contributed by atoms with Gasteiger partial charge in [0.25, 0.3) is 0 Å². The van der Waals surface area contributed by atoms with Crippen LogP contribution in [0, 0.1) is 18.6 Å². The lowest BCUT2D eigenvalue weighted by atomic mass is 9.97. The zero-order valence-electron chi connectivity index (χ0n) is 22.9. The summed E-state index contributed by atoms with van der Waals surface area (Å²) in [5.74, 6) is -0.726. The zero-order chi connectivity index (χ0) is 28.1. The molecular formula is C32H33F2N5. The fourth-order valence-electron chi connectivity index (χ4n) is 4.63. The number of allylic oxidation sites excluding steroid dienone is 2. The number of H-pyrrole nitrogens is 2. The average Bonchev–Trinajstić information content (AvgIpc) is 3.52. The molecule has 0 amide bonds. The second kappa shape index (κ2) is 12.0. The summed E-state index contributed by atoms with van der Waals surface area (Å²) in [6, 6.07) is 13.9. The van der Waals surface area contributed by atoms with Crippen molar-refractivity contribution in [1.82, 2.24) is 25.1 Å². The molecule has 0 radical (unpaired) electrons. The monoisotopic (exact) mass is 525 g/mol. The van der Waals surface area contributed by atoms with E-state index in [1.54, 1.807) is 18.3 Å². The molecule has 0 saturated carbocycles. The number of nitrogens with zero attached hydrogens (tertiary/aromatic N) is 3. The summed E-state index contributed by atoms with van der Waals surface area (Å²) in [5.41, 5.74) is 7.60. The Kier molecular flexibility index (Phi) is 8.52. The average molecular weight is 526 g/mol. The van der Waals surface area contributed by atoms with E-state index >= 15 is 4.39 Å². The van der Waals surface area contributed by atoms with Crippen molar-refractivity contribution in [2.75, 3.05) is 14.1 Å². The molecule has 0 spiro atoms. The van der Waals surface area contributed by atoms with Crippen LogP contribution in [0.4, 0.5) is 8.78 Å². The topological polar surface area (TPSA) is 60.6 Å². The zero-order valence-corrected chi connectivity index (χ0v) is 22.9. The first kappa shape index (κ1) is 27.7. The Labute approximate surface area is 227 Å². The molecule has 39 heavy (non-hydrogen) atoms. The molecule has 0 aliphatic heterocycles. The van der Waals surface area contributed by atoms with Crippen LogP contribution < -0.4 is 0 Å². The molecule has 0 aliphatic rings. The van der Waals surface area contributed by atoms with Gasteiger partial charge in [-0.3, -0.25) is 10.1 Å². The van der Waals surface area contributed by atoms with Gasteiger partial charge >= 0.3 is 0 Å². The number of hydrogen-bond donors (Lipinski definition) is 2. The fraction of sp³-hybridized carbons (Fsp3) is 0.188. The molecule has 3 aromatic heterocycles. The van der Waals surface area contributed by atoms with Crippen molar-refractivity contribution in [3.63, 3.8) is 0 Å². The summed E-state index contributed by atoms with van der Waals surface area (Å²) in [6.45, 7) is 10.5. The molecule has 200 valence electrons. The van der Waals surface area contributed by atoms with Gasteiger partial charge in [0.15, 0.2) is 5.82 Å². The number of aromatic amines is 2. The van der Waals surface area contributed by atoms with Gasteiger partial charge in [-0.2, -0.15) is 5.10 Å². The maximum Gasteiger partial charge on any atom is 0.151 e. The van der Waals surface area contributed by atoms with Crippen molar-refractivity contribution in [3.8, 4) is 22.5 Å². The van der Waals surface area contributed by atoms with E-state index in [0.29, 0.717) is 11.1 Å². The summed E-state index contributed by atoms with van der Waals surface area (Å²) in [6.07, 6.45) is 7.09. The Hall–Kier alpha value is -4.36. The number of hydrogen-bond acceptors (Lipinski definition) is 3. The normalized spacial score (nSPS) is 11.5. The Bertz CT molecular complexity index is 1640. The summed E-state index contributed by atoms with van der Waals surface area (Å²) in [7, 11) is 3.99. The van der Waals surface area contributed by atoms with E-state index in [0.717, 1.165) is 51.3 Å². The lowest BCUT2D eigenvalue weighted by Gasteiger charge is -2.10. The maximum absolute atomic E-state index is 15.2. The van der Waals surface area contributed by atoms with Crippen LogP contribution in [0.5, 0.6) is 0 Å². The molecule has 5 nitrogen and oxygen atoms in total. The summed E-state index contributed by atoms with van der Waals surface area (Å²) in [4.78, 5) is 9.81. The van der Waals surface area contributed by atoms with Gasteiger partial charge in [0.1, 0.15) is 11.3 Å². The van der Waals surface area contributed by atoms with E-state index in [9.17, 15) is 4.39 Å². The van der Waals surface area contributed by atoms with E-state index < -0.39 is 5.82 Å². The first-order valence-electron chi connectivity index (χ1n) is 12.9. The maximum atomic E-state index is 15.2. The smallest absolute Gasteiger partial charge is 0.151 e. The fourth-order valence-corrected chi connectivity index (χ4v) is 4.63. The number of aryl methyl sites for hydroxylation is 1. The van der Waals surface area contributed by atoms with Crippen molar-refractivity contribution in [2.45, 2.75) is 27.3 Å². The number of nitrogens with one attached hydrogen (secondary N) is 2. The second-order valence-electron chi connectivity index (χ2n) is 9.32. The predicted molar refractivity (Wildman–Crippen MR) is 156 cm³/mol. The van der Waals surface area contributed by atoms with Crippen molar-refractivity contribution in [3.05, 3.63) is 114 Å². The molecule has 7 heteroatoms. The predicted octanol–water partition coefficient (Wildman–Crippen LogP) is 7.91. The number of pyridine rings is 1. The van der Waals surface area contributed by atoms with E-state index in [-0.39, 0.29) is 11.3 Å². The summed E-state index contributed by atoms with van der Waals surface area (Å²) < 4.78 is 29.1. The summed E-state index contributed by atoms with van der Waals surface area (Å²) >= 11 is 0. The van der Waals surface area contributed by atoms with Gasteiger partial charge in [-0.1, -0.05) is 44.7 Å². The largest absolute Gasteiger partial charge is 0.357 e. The number of fused-ring (bicyclic) bond motifs is 1. The van der Waals surface area contributed by atoms with Crippen LogP contribution in [-0.4, -0.2) is 39.2 Å². The molecule has 2 aromatic carbocycles. The molecular weight excluding hydrogens is 492 g/mol. The quantitative estimate of drug-likeness (QED) is 0.212.